The summed E-state index contributed by atoms with van der Waals surface area (Å²) in [4.78, 5) is 28.6. The topological polar surface area (TPSA) is 62.2 Å². The van der Waals surface area contributed by atoms with Gasteiger partial charge in [0.25, 0.3) is 5.91 Å². The molecule has 6 nitrogen and oxygen atoms in total. The molecule has 114 valence electrons. The van der Waals surface area contributed by atoms with Crippen LogP contribution in [0.4, 0.5) is 5.82 Å². The maximum atomic E-state index is 12.4. The summed E-state index contributed by atoms with van der Waals surface area (Å²) in [7, 11) is 0. The molecule has 0 bridgehead atoms. The zero-order valence-electron chi connectivity index (χ0n) is 12.0. The fraction of sp³-hybridized carbons (Fsp3) is 0.333. The molecular weight excluding hydrogens is 302 g/mol. The summed E-state index contributed by atoms with van der Waals surface area (Å²) in [5, 5.41) is 0.624. The van der Waals surface area contributed by atoms with Gasteiger partial charge < -0.3 is 9.80 Å². The highest BCUT2D eigenvalue weighted by Crippen LogP contribution is 2.16. The third-order valence-corrected chi connectivity index (χ3v) is 3.84. The first-order valence-electron chi connectivity index (χ1n) is 7.16. The lowest BCUT2D eigenvalue weighted by Crippen LogP contribution is -2.35. The van der Waals surface area contributed by atoms with Crippen LogP contribution in [-0.2, 0) is 0 Å². The van der Waals surface area contributed by atoms with Crippen LogP contribution >= 0.6 is 11.6 Å². The maximum Gasteiger partial charge on any atom is 0.272 e. The van der Waals surface area contributed by atoms with Crippen molar-refractivity contribution in [2.75, 3.05) is 31.1 Å². The van der Waals surface area contributed by atoms with Crippen LogP contribution in [0.15, 0.2) is 36.9 Å². The largest absolute Gasteiger partial charge is 0.355 e. The number of carbonyl (C=O) groups is 1. The van der Waals surface area contributed by atoms with Crippen molar-refractivity contribution in [2.45, 2.75) is 6.42 Å². The lowest BCUT2D eigenvalue weighted by Gasteiger charge is -2.22. The number of hydrogen-bond acceptors (Lipinski definition) is 5. The second-order valence-corrected chi connectivity index (χ2v) is 5.50. The van der Waals surface area contributed by atoms with Crippen LogP contribution in [0.2, 0.25) is 5.02 Å². The molecule has 0 atom stereocenters. The minimum absolute atomic E-state index is 0.0479. The van der Waals surface area contributed by atoms with E-state index < -0.39 is 0 Å². The summed E-state index contributed by atoms with van der Waals surface area (Å²) in [5.41, 5.74) is 0.438. The van der Waals surface area contributed by atoms with Crippen LogP contribution in [0, 0.1) is 0 Å². The Morgan fingerprint density at radius 1 is 1.09 bits per heavy atom. The van der Waals surface area contributed by atoms with Gasteiger partial charge in [0, 0.05) is 38.6 Å². The van der Waals surface area contributed by atoms with E-state index in [1.807, 2.05) is 17.0 Å². The predicted octanol–water partition coefficient (Wildman–Crippen LogP) is 1.88. The van der Waals surface area contributed by atoms with Gasteiger partial charge in [-0.2, -0.15) is 0 Å². The van der Waals surface area contributed by atoms with Gasteiger partial charge in [-0.1, -0.05) is 11.6 Å². The quantitative estimate of drug-likeness (QED) is 0.846. The van der Waals surface area contributed by atoms with Gasteiger partial charge in [0.15, 0.2) is 0 Å². The molecule has 0 N–H and O–H groups in total. The standard InChI is InChI=1S/C15H16ClN5O/c16-12-2-3-14(18-10-12)20-6-1-7-21(9-8-20)15(22)13-4-5-17-11-19-13/h2-5,10-11H,1,6-9H2. The monoisotopic (exact) mass is 317 g/mol. The van der Waals surface area contributed by atoms with Crippen molar-refractivity contribution in [2.24, 2.45) is 0 Å². The lowest BCUT2D eigenvalue weighted by atomic mass is 10.3. The average Bonchev–Trinajstić information content (AvgIpc) is 2.82. The SMILES string of the molecule is O=C(c1ccncn1)N1CCCN(c2ccc(Cl)cn2)CC1. The van der Waals surface area contributed by atoms with E-state index >= 15 is 0 Å². The molecule has 7 heteroatoms. The van der Waals surface area contributed by atoms with E-state index in [1.54, 1.807) is 18.5 Å². The van der Waals surface area contributed by atoms with Crippen LogP contribution in [0.3, 0.4) is 0 Å². The Balaban J connectivity index is 1.67. The van der Waals surface area contributed by atoms with Gasteiger partial charge in [0.2, 0.25) is 0 Å². The zero-order chi connectivity index (χ0) is 15.4. The normalized spacial score (nSPS) is 15.5. The molecule has 22 heavy (non-hydrogen) atoms. The molecule has 0 spiro atoms. The van der Waals surface area contributed by atoms with E-state index in [4.69, 9.17) is 11.6 Å². The van der Waals surface area contributed by atoms with Gasteiger partial charge in [-0.05, 0) is 24.6 Å². The van der Waals surface area contributed by atoms with Gasteiger partial charge in [-0.25, -0.2) is 15.0 Å². The Kier molecular flexibility index (Phi) is 4.48. The van der Waals surface area contributed by atoms with Crippen LogP contribution < -0.4 is 4.90 Å². The third-order valence-electron chi connectivity index (χ3n) is 3.62. The van der Waals surface area contributed by atoms with E-state index in [9.17, 15) is 4.79 Å². The second-order valence-electron chi connectivity index (χ2n) is 5.06. The van der Waals surface area contributed by atoms with Gasteiger partial charge >= 0.3 is 0 Å². The van der Waals surface area contributed by atoms with Gasteiger partial charge in [0.1, 0.15) is 17.8 Å². The molecule has 0 aliphatic carbocycles. The Morgan fingerprint density at radius 2 is 2.00 bits per heavy atom. The highest BCUT2D eigenvalue weighted by Gasteiger charge is 2.21. The highest BCUT2D eigenvalue weighted by atomic mass is 35.5. The number of pyridine rings is 1. The first-order valence-corrected chi connectivity index (χ1v) is 7.53. The number of rotatable bonds is 2. The Labute approximate surface area is 133 Å². The fourth-order valence-corrected chi connectivity index (χ4v) is 2.60. The number of aromatic nitrogens is 3. The van der Waals surface area contributed by atoms with Crippen molar-refractivity contribution < 1.29 is 4.79 Å². The first-order chi connectivity index (χ1) is 10.7. The minimum atomic E-state index is -0.0479. The molecule has 1 saturated heterocycles. The molecule has 3 heterocycles. The molecule has 1 aliphatic heterocycles. The van der Waals surface area contributed by atoms with E-state index in [-0.39, 0.29) is 5.91 Å². The van der Waals surface area contributed by atoms with Crippen molar-refractivity contribution in [1.29, 1.82) is 0 Å². The number of anilines is 1. The fourth-order valence-electron chi connectivity index (χ4n) is 2.48. The molecule has 2 aromatic rings. The average molecular weight is 318 g/mol. The second kappa shape index (κ2) is 6.70. The molecule has 0 saturated carbocycles. The van der Waals surface area contributed by atoms with Crippen molar-refractivity contribution in [3.05, 3.63) is 47.6 Å². The molecule has 0 radical (unpaired) electrons. The van der Waals surface area contributed by atoms with Gasteiger partial charge in [-0.15, -0.1) is 0 Å². The third kappa shape index (κ3) is 3.33. The van der Waals surface area contributed by atoms with Crippen LogP contribution in [0.5, 0.6) is 0 Å². The molecular formula is C15H16ClN5O. The van der Waals surface area contributed by atoms with Crippen LogP contribution in [0.25, 0.3) is 0 Å². The highest BCUT2D eigenvalue weighted by molar-refractivity contribution is 6.30. The zero-order valence-corrected chi connectivity index (χ0v) is 12.8. The Morgan fingerprint density at radius 3 is 2.73 bits per heavy atom. The summed E-state index contributed by atoms with van der Waals surface area (Å²) in [6.45, 7) is 2.97. The van der Waals surface area contributed by atoms with Gasteiger partial charge in [0.05, 0.1) is 5.02 Å². The number of halogens is 1. The number of carbonyl (C=O) groups excluding carboxylic acids is 1. The van der Waals surface area contributed by atoms with E-state index in [0.29, 0.717) is 23.8 Å². The van der Waals surface area contributed by atoms with Gasteiger partial charge in [-0.3, -0.25) is 4.79 Å². The first kappa shape index (κ1) is 14.7. The molecule has 3 rings (SSSR count). The van der Waals surface area contributed by atoms with Crippen LogP contribution in [-0.4, -0.2) is 51.9 Å². The molecule has 2 aromatic heterocycles. The van der Waals surface area contributed by atoms with Crippen LogP contribution in [0.1, 0.15) is 16.9 Å². The van der Waals surface area contributed by atoms with E-state index in [1.165, 1.54) is 6.33 Å². The van der Waals surface area contributed by atoms with E-state index in [0.717, 1.165) is 25.3 Å². The molecule has 1 amide bonds. The van der Waals surface area contributed by atoms with Crippen molar-refractivity contribution in [3.63, 3.8) is 0 Å². The summed E-state index contributed by atoms with van der Waals surface area (Å²) >= 11 is 5.87. The summed E-state index contributed by atoms with van der Waals surface area (Å²) in [5.74, 6) is 0.842. The number of amides is 1. The Hall–Kier alpha value is -2.21. The van der Waals surface area contributed by atoms with Crippen molar-refractivity contribution in [3.8, 4) is 0 Å². The summed E-state index contributed by atoms with van der Waals surface area (Å²) in [6, 6.07) is 5.38. The Bertz CT molecular complexity index is 634. The molecule has 0 unspecified atom stereocenters. The summed E-state index contributed by atoms with van der Waals surface area (Å²) in [6.07, 6.45) is 5.52. The van der Waals surface area contributed by atoms with E-state index in [2.05, 4.69) is 19.9 Å². The lowest BCUT2D eigenvalue weighted by molar-refractivity contribution is 0.0761. The number of nitrogens with zero attached hydrogens (tertiary/aromatic N) is 5. The minimum Gasteiger partial charge on any atom is -0.355 e. The molecule has 0 aromatic carbocycles. The molecule has 1 aliphatic rings. The maximum absolute atomic E-state index is 12.4. The summed E-state index contributed by atoms with van der Waals surface area (Å²) < 4.78 is 0. The van der Waals surface area contributed by atoms with Crippen molar-refractivity contribution in [1.82, 2.24) is 19.9 Å². The predicted molar refractivity (Wildman–Crippen MR) is 84.0 cm³/mol. The van der Waals surface area contributed by atoms with Crippen molar-refractivity contribution >= 4 is 23.3 Å². The number of hydrogen-bond donors (Lipinski definition) is 0. The molecule has 1 fully saturated rings. The smallest absolute Gasteiger partial charge is 0.272 e.